The van der Waals surface area contributed by atoms with Crippen molar-refractivity contribution in [1.82, 2.24) is 10.6 Å². The molecule has 1 aliphatic rings. The van der Waals surface area contributed by atoms with E-state index in [0.29, 0.717) is 6.54 Å². The van der Waals surface area contributed by atoms with Crippen molar-refractivity contribution in [3.63, 3.8) is 0 Å². The summed E-state index contributed by atoms with van der Waals surface area (Å²) in [6.07, 6.45) is 4.08. The molecule has 2 N–H and O–H groups in total. The fraction of sp³-hybridized carbons (Fsp3) is 0.533. The number of benzene rings is 1. The number of amides is 1. The summed E-state index contributed by atoms with van der Waals surface area (Å²) in [6, 6.07) is 8.24. The van der Waals surface area contributed by atoms with Crippen LogP contribution < -0.4 is 10.6 Å². The highest BCUT2D eigenvalue weighted by molar-refractivity contribution is 9.10. The standard InChI is InChI=1S/C15H21BrN2O/c1-17-11-15(8-2-9-15)14(19)18-10-7-12-3-5-13(16)6-4-12/h3-6,17H,2,7-11H2,1H3,(H,18,19). The van der Waals surface area contributed by atoms with Gasteiger partial charge in [-0.05, 0) is 44.0 Å². The Morgan fingerprint density at radius 2 is 2.00 bits per heavy atom. The van der Waals surface area contributed by atoms with Crippen LogP contribution in [-0.4, -0.2) is 26.0 Å². The molecule has 0 saturated heterocycles. The van der Waals surface area contributed by atoms with Crippen LogP contribution in [0.15, 0.2) is 28.7 Å². The third-order valence-corrected chi connectivity index (χ3v) is 4.45. The summed E-state index contributed by atoms with van der Waals surface area (Å²) < 4.78 is 1.09. The van der Waals surface area contributed by atoms with E-state index in [-0.39, 0.29) is 11.3 Å². The second-order valence-corrected chi connectivity index (χ2v) is 6.21. The van der Waals surface area contributed by atoms with Crippen LogP contribution in [0, 0.1) is 5.41 Å². The van der Waals surface area contributed by atoms with Gasteiger partial charge in [0, 0.05) is 17.6 Å². The fourth-order valence-electron chi connectivity index (χ4n) is 2.59. The lowest BCUT2D eigenvalue weighted by molar-refractivity contribution is -0.135. The van der Waals surface area contributed by atoms with Gasteiger partial charge in [-0.25, -0.2) is 0 Å². The van der Waals surface area contributed by atoms with E-state index in [2.05, 4.69) is 38.7 Å². The summed E-state index contributed by atoms with van der Waals surface area (Å²) in [7, 11) is 1.91. The molecule has 19 heavy (non-hydrogen) atoms. The summed E-state index contributed by atoms with van der Waals surface area (Å²) >= 11 is 3.42. The fourth-order valence-corrected chi connectivity index (χ4v) is 2.85. The van der Waals surface area contributed by atoms with Crippen molar-refractivity contribution in [2.45, 2.75) is 25.7 Å². The van der Waals surface area contributed by atoms with Crippen molar-refractivity contribution < 1.29 is 4.79 Å². The minimum atomic E-state index is -0.144. The number of carbonyl (C=O) groups excluding carboxylic acids is 1. The van der Waals surface area contributed by atoms with E-state index < -0.39 is 0 Å². The molecule has 1 aliphatic carbocycles. The largest absolute Gasteiger partial charge is 0.355 e. The van der Waals surface area contributed by atoms with Crippen LogP contribution in [0.3, 0.4) is 0 Å². The summed E-state index contributed by atoms with van der Waals surface area (Å²) in [5.74, 6) is 0.213. The third-order valence-electron chi connectivity index (χ3n) is 3.92. The van der Waals surface area contributed by atoms with Crippen LogP contribution in [0.1, 0.15) is 24.8 Å². The molecular formula is C15H21BrN2O. The van der Waals surface area contributed by atoms with Gasteiger partial charge in [-0.3, -0.25) is 4.79 Å². The molecule has 0 aromatic heterocycles. The van der Waals surface area contributed by atoms with Gasteiger partial charge < -0.3 is 10.6 Å². The maximum Gasteiger partial charge on any atom is 0.227 e. The predicted molar refractivity (Wildman–Crippen MR) is 81.1 cm³/mol. The van der Waals surface area contributed by atoms with Gasteiger partial charge in [0.05, 0.1) is 5.41 Å². The summed E-state index contributed by atoms with van der Waals surface area (Å²) in [5, 5.41) is 6.22. The molecule has 104 valence electrons. The van der Waals surface area contributed by atoms with Gasteiger partial charge in [-0.2, -0.15) is 0 Å². The van der Waals surface area contributed by atoms with Gasteiger partial charge in [0.25, 0.3) is 0 Å². The zero-order valence-corrected chi connectivity index (χ0v) is 12.9. The Balaban J connectivity index is 1.79. The monoisotopic (exact) mass is 324 g/mol. The number of hydrogen-bond acceptors (Lipinski definition) is 2. The molecular weight excluding hydrogens is 304 g/mol. The van der Waals surface area contributed by atoms with Gasteiger partial charge in [0.1, 0.15) is 0 Å². The van der Waals surface area contributed by atoms with E-state index in [1.165, 1.54) is 12.0 Å². The van der Waals surface area contributed by atoms with Crippen molar-refractivity contribution in [2.24, 2.45) is 5.41 Å². The Morgan fingerprint density at radius 3 is 2.53 bits per heavy atom. The number of rotatable bonds is 6. The maximum atomic E-state index is 12.2. The van der Waals surface area contributed by atoms with E-state index in [0.717, 1.165) is 30.3 Å². The van der Waals surface area contributed by atoms with Crippen molar-refractivity contribution in [3.8, 4) is 0 Å². The van der Waals surface area contributed by atoms with Crippen molar-refractivity contribution in [1.29, 1.82) is 0 Å². The second-order valence-electron chi connectivity index (χ2n) is 5.30. The molecule has 1 saturated carbocycles. The highest BCUT2D eigenvalue weighted by Crippen LogP contribution is 2.40. The van der Waals surface area contributed by atoms with Gasteiger partial charge in [-0.1, -0.05) is 34.5 Å². The first-order valence-corrected chi connectivity index (χ1v) is 7.63. The molecule has 2 rings (SSSR count). The van der Waals surface area contributed by atoms with E-state index in [4.69, 9.17) is 0 Å². The molecule has 1 fully saturated rings. The highest BCUT2D eigenvalue weighted by atomic mass is 79.9. The second kappa shape index (κ2) is 6.53. The Kier molecular flexibility index (Phi) is 4.99. The number of carbonyl (C=O) groups is 1. The molecule has 0 heterocycles. The smallest absolute Gasteiger partial charge is 0.227 e. The SMILES string of the molecule is CNCC1(C(=O)NCCc2ccc(Br)cc2)CCC1. The van der Waals surface area contributed by atoms with Gasteiger partial charge in [-0.15, -0.1) is 0 Å². The molecule has 1 aromatic rings. The summed E-state index contributed by atoms with van der Waals surface area (Å²) in [5.41, 5.74) is 1.11. The van der Waals surface area contributed by atoms with Crippen molar-refractivity contribution in [2.75, 3.05) is 20.1 Å². The predicted octanol–water partition coefficient (Wildman–Crippen LogP) is 2.50. The molecule has 0 bridgehead atoms. The van der Waals surface area contributed by atoms with Crippen LogP contribution in [0.25, 0.3) is 0 Å². The van der Waals surface area contributed by atoms with Gasteiger partial charge in [0.15, 0.2) is 0 Å². The Labute approximate surface area is 123 Å². The molecule has 0 atom stereocenters. The van der Waals surface area contributed by atoms with E-state index >= 15 is 0 Å². The Hall–Kier alpha value is -0.870. The summed E-state index contributed by atoms with van der Waals surface area (Å²) in [6.45, 7) is 1.50. The molecule has 3 nitrogen and oxygen atoms in total. The molecule has 0 radical (unpaired) electrons. The molecule has 1 aromatic carbocycles. The van der Waals surface area contributed by atoms with Gasteiger partial charge in [0.2, 0.25) is 5.91 Å². The maximum absolute atomic E-state index is 12.2. The molecule has 1 amide bonds. The quantitative estimate of drug-likeness (QED) is 0.844. The normalized spacial score (nSPS) is 16.7. The van der Waals surface area contributed by atoms with E-state index in [9.17, 15) is 4.79 Å². The zero-order chi connectivity index (χ0) is 13.7. The third kappa shape index (κ3) is 3.57. The Bertz CT molecular complexity index is 426. The molecule has 0 unspecified atom stereocenters. The molecule has 0 aliphatic heterocycles. The average Bonchev–Trinajstić information content (AvgIpc) is 2.36. The molecule has 0 spiro atoms. The topological polar surface area (TPSA) is 41.1 Å². The Morgan fingerprint density at radius 1 is 1.32 bits per heavy atom. The van der Waals surface area contributed by atoms with Crippen LogP contribution in [0.2, 0.25) is 0 Å². The van der Waals surface area contributed by atoms with Crippen LogP contribution in [-0.2, 0) is 11.2 Å². The number of nitrogens with one attached hydrogen (secondary N) is 2. The minimum absolute atomic E-state index is 0.144. The van der Waals surface area contributed by atoms with E-state index in [1.807, 2.05) is 19.2 Å². The molecule has 4 heteroatoms. The highest BCUT2D eigenvalue weighted by Gasteiger charge is 2.43. The van der Waals surface area contributed by atoms with Crippen LogP contribution in [0.4, 0.5) is 0 Å². The summed E-state index contributed by atoms with van der Waals surface area (Å²) in [4.78, 5) is 12.2. The lowest BCUT2D eigenvalue weighted by Crippen LogP contribution is -2.51. The van der Waals surface area contributed by atoms with Gasteiger partial charge >= 0.3 is 0 Å². The first kappa shape index (κ1) is 14.5. The average molecular weight is 325 g/mol. The van der Waals surface area contributed by atoms with E-state index in [1.54, 1.807) is 0 Å². The first-order chi connectivity index (χ1) is 9.16. The minimum Gasteiger partial charge on any atom is -0.355 e. The van der Waals surface area contributed by atoms with Crippen molar-refractivity contribution in [3.05, 3.63) is 34.3 Å². The van der Waals surface area contributed by atoms with Crippen molar-refractivity contribution >= 4 is 21.8 Å². The first-order valence-electron chi connectivity index (χ1n) is 6.84. The zero-order valence-electron chi connectivity index (χ0n) is 11.3. The lowest BCUT2D eigenvalue weighted by Gasteiger charge is -2.40. The number of halogens is 1. The van der Waals surface area contributed by atoms with Crippen LogP contribution >= 0.6 is 15.9 Å². The number of hydrogen-bond donors (Lipinski definition) is 2. The van der Waals surface area contributed by atoms with Crippen LogP contribution in [0.5, 0.6) is 0 Å². The lowest BCUT2D eigenvalue weighted by atomic mass is 9.68.